The van der Waals surface area contributed by atoms with Crippen LogP contribution in [0.15, 0.2) is 27.1 Å². The SMILES string of the molecule is NCCCCCC(=O)Nc1cc(Br)ccc1Br. The minimum atomic E-state index is 0.0424. The van der Waals surface area contributed by atoms with Gasteiger partial charge in [0.05, 0.1) is 5.69 Å². The summed E-state index contributed by atoms with van der Waals surface area (Å²) >= 11 is 6.77. The number of nitrogens with one attached hydrogen (secondary N) is 1. The Bertz CT molecular complexity index is 383. The van der Waals surface area contributed by atoms with E-state index in [-0.39, 0.29) is 5.91 Å². The molecule has 0 unspecified atom stereocenters. The molecule has 0 bridgehead atoms. The molecule has 0 heterocycles. The van der Waals surface area contributed by atoms with Crippen LogP contribution in [0.5, 0.6) is 0 Å². The van der Waals surface area contributed by atoms with Gasteiger partial charge in [0.15, 0.2) is 0 Å². The van der Waals surface area contributed by atoms with Gasteiger partial charge in [0.2, 0.25) is 5.91 Å². The first-order chi connectivity index (χ1) is 8.13. The quantitative estimate of drug-likeness (QED) is 0.757. The number of carbonyl (C=O) groups is 1. The van der Waals surface area contributed by atoms with Crippen LogP contribution in [-0.4, -0.2) is 12.5 Å². The molecule has 1 aromatic carbocycles. The maximum atomic E-state index is 11.7. The van der Waals surface area contributed by atoms with Crippen LogP contribution >= 0.6 is 31.9 Å². The van der Waals surface area contributed by atoms with E-state index in [0.717, 1.165) is 33.9 Å². The fourth-order valence-electron chi connectivity index (χ4n) is 1.41. The molecule has 0 aliphatic carbocycles. The van der Waals surface area contributed by atoms with Crippen LogP contribution in [0.2, 0.25) is 0 Å². The molecule has 1 rings (SSSR count). The molecule has 94 valence electrons. The molecule has 0 aliphatic heterocycles. The van der Waals surface area contributed by atoms with E-state index in [1.54, 1.807) is 0 Å². The molecule has 0 aliphatic rings. The summed E-state index contributed by atoms with van der Waals surface area (Å²) in [6.45, 7) is 0.693. The highest BCUT2D eigenvalue weighted by atomic mass is 79.9. The summed E-state index contributed by atoms with van der Waals surface area (Å²) in [5.41, 5.74) is 6.19. The molecule has 1 aromatic rings. The van der Waals surface area contributed by atoms with Crippen molar-refractivity contribution < 1.29 is 4.79 Å². The van der Waals surface area contributed by atoms with E-state index >= 15 is 0 Å². The lowest BCUT2D eigenvalue weighted by atomic mass is 10.2. The smallest absolute Gasteiger partial charge is 0.224 e. The van der Waals surface area contributed by atoms with Gasteiger partial charge in [-0.1, -0.05) is 22.4 Å². The van der Waals surface area contributed by atoms with E-state index < -0.39 is 0 Å². The van der Waals surface area contributed by atoms with Crippen molar-refractivity contribution in [1.29, 1.82) is 0 Å². The molecule has 3 nitrogen and oxygen atoms in total. The van der Waals surface area contributed by atoms with Gasteiger partial charge in [-0.25, -0.2) is 0 Å². The Morgan fingerprint density at radius 2 is 2.00 bits per heavy atom. The molecular weight excluding hydrogens is 348 g/mol. The monoisotopic (exact) mass is 362 g/mol. The summed E-state index contributed by atoms with van der Waals surface area (Å²) in [4.78, 5) is 11.7. The molecule has 17 heavy (non-hydrogen) atoms. The molecule has 3 N–H and O–H groups in total. The molecule has 0 saturated heterocycles. The number of unbranched alkanes of at least 4 members (excludes halogenated alkanes) is 2. The van der Waals surface area contributed by atoms with Gasteiger partial charge >= 0.3 is 0 Å². The first-order valence-corrected chi connectivity index (χ1v) is 7.17. The average Bonchev–Trinajstić information content (AvgIpc) is 2.29. The number of rotatable bonds is 6. The fourth-order valence-corrected chi connectivity index (χ4v) is 2.12. The second-order valence-electron chi connectivity index (χ2n) is 3.77. The van der Waals surface area contributed by atoms with Crippen LogP contribution in [0.25, 0.3) is 0 Å². The van der Waals surface area contributed by atoms with Gasteiger partial charge in [-0.2, -0.15) is 0 Å². The second-order valence-corrected chi connectivity index (χ2v) is 5.54. The second kappa shape index (κ2) is 7.84. The van der Waals surface area contributed by atoms with E-state index in [9.17, 15) is 4.79 Å². The van der Waals surface area contributed by atoms with Crippen molar-refractivity contribution >= 4 is 43.5 Å². The molecule has 0 saturated carbocycles. The van der Waals surface area contributed by atoms with Gasteiger partial charge in [-0.3, -0.25) is 4.79 Å². The molecule has 0 fully saturated rings. The maximum Gasteiger partial charge on any atom is 0.224 e. The van der Waals surface area contributed by atoms with Crippen molar-refractivity contribution in [3.05, 3.63) is 27.1 Å². The van der Waals surface area contributed by atoms with Gasteiger partial charge in [0.1, 0.15) is 0 Å². The molecule has 1 amide bonds. The highest BCUT2D eigenvalue weighted by molar-refractivity contribution is 9.11. The van der Waals surface area contributed by atoms with Crippen LogP contribution in [0.1, 0.15) is 25.7 Å². The number of carbonyl (C=O) groups excluding carboxylic acids is 1. The number of nitrogens with two attached hydrogens (primary N) is 1. The van der Waals surface area contributed by atoms with Gasteiger partial charge in [0.25, 0.3) is 0 Å². The van der Waals surface area contributed by atoms with Crippen molar-refractivity contribution in [2.24, 2.45) is 5.73 Å². The van der Waals surface area contributed by atoms with Gasteiger partial charge in [-0.05, 0) is 53.5 Å². The van der Waals surface area contributed by atoms with Crippen molar-refractivity contribution in [3.8, 4) is 0 Å². The Morgan fingerprint density at radius 3 is 2.71 bits per heavy atom. The van der Waals surface area contributed by atoms with E-state index in [2.05, 4.69) is 37.2 Å². The number of amides is 1. The van der Waals surface area contributed by atoms with E-state index in [1.807, 2.05) is 18.2 Å². The third-order valence-electron chi connectivity index (χ3n) is 2.31. The lowest BCUT2D eigenvalue weighted by molar-refractivity contribution is -0.116. The van der Waals surface area contributed by atoms with E-state index in [0.29, 0.717) is 13.0 Å². The van der Waals surface area contributed by atoms with E-state index in [4.69, 9.17) is 5.73 Å². The van der Waals surface area contributed by atoms with Crippen molar-refractivity contribution in [3.63, 3.8) is 0 Å². The van der Waals surface area contributed by atoms with Crippen LogP contribution in [0, 0.1) is 0 Å². The van der Waals surface area contributed by atoms with Crippen LogP contribution in [0.4, 0.5) is 5.69 Å². The summed E-state index contributed by atoms with van der Waals surface area (Å²) in [5.74, 6) is 0.0424. The summed E-state index contributed by atoms with van der Waals surface area (Å²) in [6.07, 6.45) is 3.41. The largest absolute Gasteiger partial charge is 0.330 e. The summed E-state index contributed by atoms with van der Waals surface area (Å²) in [5, 5.41) is 2.88. The third-order valence-corrected chi connectivity index (χ3v) is 3.50. The zero-order valence-corrected chi connectivity index (χ0v) is 12.7. The Morgan fingerprint density at radius 1 is 1.24 bits per heavy atom. The Hall–Kier alpha value is -0.390. The topological polar surface area (TPSA) is 55.1 Å². The molecule has 0 radical (unpaired) electrons. The van der Waals surface area contributed by atoms with Crippen LogP contribution in [-0.2, 0) is 4.79 Å². The highest BCUT2D eigenvalue weighted by Gasteiger charge is 2.05. The first kappa shape index (κ1) is 14.7. The number of hydrogen-bond acceptors (Lipinski definition) is 2. The minimum absolute atomic E-state index is 0.0424. The molecule has 0 aromatic heterocycles. The van der Waals surface area contributed by atoms with E-state index in [1.165, 1.54) is 0 Å². The zero-order chi connectivity index (χ0) is 12.7. The Labute approximate surface area is 118 Å². The third kappa shape index (κ3) is 5.66. The molecular formula is C12H16Br2N2O. The Kier molecular flexibility index (Phi) is 6.77. The Balaban J connectivity index is 2.42. The fraction of sp³-hybridized carbons (Fsp3) is 0.417. The standard InChI is InChI=1S/C12H16Br2N2O/c13-9-5-6-10(14)11(8-9)16-12(17)4-2-1-3-7-15/h5-6,8H,1-4,7,15H2,(H,16,17). The lowest BCUT2D eigenvalue weighted by Gasteiger charge is -2.07. The highest BCUT2D eigenvalue weighted by Crippen LogP contribution is 2.26. The van der Waals surface area contributed by atoms with Crippen molar-refractivity contribution in [2.75, 3.05) is 11.9 Å². The normalized spacial score (nSPS) is 10.3. The average molecular weight is 364 g/mol. The summed E-state index contributed by atoms with van der Waals surface area (Å²) in [7, 11) is 0. The van der Waals surface area contributed by atoms with Gasteiger partial charge in [-0.15, -0.1) is 0 Å². The van der Waals surface area contributed by atoms with Crippen LogP contribution < -0.4 is 11.1 Å². The van der Waals surface area contributed by atoms with Crippen molar-refractivity contribution in [1.82, 2.24) is 0 Å². The molecule has 0 spiro atoms. The van der Waals surface area contributed by atoms with Crippen LogP contribution in [0.3, 0.4) is 0 Å². The molecule has 0 atom stereocenters. The predicted octanol–water partition coefficient (Wildman–Crippen LogP) is 3.67. The maximum absolute atomic E-state index is 11.7. The number of halogens is 2. The van der Waals surface area contributed by atoms with Gasteiger partial charge < -0.3 is 11.1 Å². The van der Waals surface area contributed by atoms with Gasteiger partial charge in [0, 0.05) is 15.4 Å². The number of hydrogen-bond donors (Lipinski definition) is 2. The number of anilines is 1. The zero-order valence-electron chi connectivity index (χ0n) is 9.51. The summed E-state index contributed by atoms with van der Waals surface area (Å²) in [6, 6.07) is 5.69. The van der Waals surface area contributed by atoms with Crippen molar-refractivity contribution in [2.45, 2.75) is 25.7 Å². The number of benzene rings is 1. The first-order valence-electron chi connectivity index (χ1n) is 5.58. The lowest BCUT2D eigenvalue weighted by Crippen LogP contribution is -2.11. The summed E-state index contributed by atoms with van der Waals surface area (Å²) < 4.78 is 1.83. The predicted molar refractivity (Wildman–Crippen MR) is 78.0 cm³/mol. The minimum Gasteiger partial charge on any atom is -0.330 e. The molecule has 5 heteroatoms.